The van der Waals surface area contributed by atoms with Crippen LogP contribution in [0.3, 0.4) is 0 Å². The Kier molecular flexibility index (Phi) is 5.39. The highest BCUT2D eigenvalue weighted by atomic mass is 79.9. The molecule has 20 heavy (non-hydrogen) atoms. The number of hydrogen-bond donors (Lipinski definition) is 1. The topological polar surface area (TPSA) is 64.8 Å². The number of amides is 1. The van der Waals surface area contributed by atoms with Crippen LogP contribution < -0.4 is 10.5 Å². The lowest BCUT2D eigenvalue weighted by molar-refractivity contribution is -0.142. The van der Waals surface area contributed by atoms with Crippen LogP contribution >= 0.6 is 15.9 Å². The van der Waals surface area contributed by atoms with E-state index in [-0.39, 0.29) is 5.91 Å². The number of hydrogen-bond acceptors (Lipinski definition) is 4. The maximum atomic E-state index is 12.2. The van der Waals surface area contributed by atoms with Crippen LogP contribution in [0.25, 0.3) is 0 Å². The van der Waals surface area contributed by atoms with Crippen LogP contribution in [0.15, 0.2) is 22.7 Å². The summed E-state index contributed by atoms with van der Waals surface area (Å²) >= 11 is 3.42. The van der Waals surface area contributed by atoms with Gasteiger partial charge in [-0.3, -0.25) is 4.79 Å². The van der Waals surface area contributed by atoms with Gasteiger partial charge in [-0.1, -0.05) is 15.9 Å². The number of nitrogens with zero attached hydrogens (tertiary/aromatic N) is 1. The van der Waals surface area contributed by atoms with E-state index in [1.165, 1.54) is 0 Å². The van der Waals surface area contributed by atoms with Crippen LogP contribution in [0, 0.1) is 0 Å². The summed E-state index contributed by atoms with van der Waals surface area (Å²) in [5, 5.41) is 0. The van der Waals surface area contributed by atoms with E-state index >= 15 is 0 Å². The van der Waals surface area contributed by atoms with Crippen molar-refractivity contribution in [3.05, 3.63) is 28.2 Å². The summed E-state index contributed by atoms with van der Waals surface area (Å²) in [5.41, 5.74) is 6.60. The Hall–Kier alpha value is -1.11. The van der Waals surface area contributed by atoms with E-state index in [2.05, 4.69) is 15.9 Å². The molecule has 5 nitrogen and oxygen atoms in total. The molecule has 0 aromatic heterocycles. The zero-order valence-electron chi connectivity index (χ0n) is 11.5. The van der Waals surface area contributed by atoms with Gasteiger partial charge in [0.2, 0.25) is 0 Å². The molecule has 1 fully saturated rings. The Morgan fingerprint density at radius 3 is 2.85 bits per heavy atom. The minimum absolute atomic E-state index is 0.00878. The van der Waals surface area contributed by atoms with E-state index in [4.69, 9.17) is 15.2 Å². The normalized spacial score (nSPS) is 16.9. The molecule has 1 atom stereocenters. The minimum atomic E-state index is -0.514. The molecular weight excluding hydrogens is 324 g/mol. The van der Waals surface area contributed by atoms with Crippen molar-refractivity contribution in [2.24, 2.45) is 5.73 Å². The predicted octanol–water partition coefficient (Wildman–Crippen LogP) is 1.53. The van der Waals surface area contributed by atoms with Crippen molar-refractivity contribution < 1.29 is 14.3 Å². The molecule has 1 amide bonds. The van der Waals surface area contributed by atoms with E-state index in [0.717, 1.165) is 10.0 Å². The summed E-state index contributed by atoms with van der Waals surface area (Å²) in [6, 6.07) is 5.56. The van der Waals surface area contributed by atoms with Gasteiger partial charge in [-0.2, -0.15) is 0 Å². The summed E-state index contributed by atoms with van der Waals surface area (Å²) < 4.78 is 11.9. The van der Waals surface area contributed by atoms with E-state index in [0.29, 0.717) is 38.6 Å². The van der Waals surface area contributed by atoms with E-state index < -0.39 is 6.10 Å². The fraction of sp³-hybridized carbons (Fsp3) is 0.500. The third-order valence-electron chi connectivity index (χ3n) is 3.22. The van der Waals surface area contributed by atoms with Crippen LogP contribution in [0.1, 0.15) is 12.5 Å². The molecule has 1 aliphatic heterocycles. The van der Waals surface area contributed by atoms with Gasteiger partial charge >= 0.3 is 0 Å². The number of halogens is 1. The lowest BCUT2D eigenvalue weighted by Crippen LogP contribution is -2.46. The van der Waals surface area contributed by atoms with E-state index in [1.807, 2.05) is 18.2 Å². The van der Waals surface area contributed by atoms with Gasteiger partial charge in [-0.05, 0) is 30.7 Å². The van der Waals surface area contributed by atoms with Gasteiger partial charge in [0.05, 0.1) is 13.2 Å². The Labute approximate surface area is 127 Å². The highest BCUT2D eigenvalue weighted by Gasteiger charge is 2.23. The Morgan fingerprint density at radius 1 is 1.50 bits per heavy atom. The van der Waals surface area contributed by atoms with E-state index in [9.17, 15) is 4.79 Å². The van der Waals surface area contributed by atoms with Crippen molar-refractivity contribution in [1.82, 2.24) is 4.90 Å². The number of morpholine rings is 1. The summed E-state index contributed by atoms with van der Waals surface area (Å²) in [4.78, 5) is 14.0. The zero-order chi connectivity index (χ0) is 14.5. The molecule has 1 aliphatic rings. The number of nitrogens with two attached hydrogens (primary N) is 1. The molecule has 1 heterocycles. The average molecular weight is 343 g/mol. The molecule has 0 bridgehead atoms. The quantitative estimate of drug-likeness (QED) is 0.901. The molecule has 110 valence electrons. The average Bonchev–Trinajstić information content (AvgIpc) is 2.49. The second-order valence-corrected chi connectivity index (χ2v) is 5.51. The molecule has 0 aliphatic carbocycles. The SMILES string of the molecule is CC(Oc1ccc(Br)c(CN)c1)C(=O)N1CCOCC1. The second kappa shape index (κ2) is 7.06. The van der Waals surface area contributed by atoms with Gasteiger partial charge in [0.1, 0.15) is 5.75 Å². The maximum Gasteiger partial charge on any atom is 0.263 e. The summed E-state index contributed by atoms with van der Waals surface area (Å²) in [5.74, 6) is 0.647. The Bertz CT molecular complexity index is 475. The second-order valence-electron chi connectivity index (χ2n) is 4.66. The molecule has 6 heteroatoms. The molecule has 1 unspecified atom stereocenters. The van der Waals surface area contributed by atoms with Crippen molar-refractivity contribution in [3.63, 3.8) is 0 Å². The monoisotopic (exact) mass is 342 g/mol. The molecule has 2 rings (SSSR count). The first kappa shape index (κ1) is 15.3. The first-order chi connectivity index (χ1) is 9.61. The fourth-order valence-electron chi connectivity index (χ4n) is 2.08. The van der Waals surface area contributed by atoms with Crippen molar-refractivity contribution >= 4 is 21.8 Å². The smallest absolute Gasteiger partial charge is 0.263 e. The first-order valence-corrected chi connectivity index (χ1v) is 7.43. The number of carbonyl (C=O) groups is 1. The molecule has 2 N–H and O–H groups in total. The van der Waals surface area contributed by atoms with Crippen molar-refractivity contribution in [2.45, 2.75) is 19.6 Å². The third kappa shape index (κ3) is 3.71. The van der Waals surface area contributed by atoms with Gasteiger partial charge in [-0.15, -0.1) is 0 Å². The Balaban J connectivity index is 1.99. The molecule has 0 spiro atoms. The van der Waals surface area contributed by atoms with Crippen LogP contribution in [0.4, 0.5) is 0 Å². The minimum Gasteiger partial charge on any atom is -0.481 e. The van der Waals surface area contributed by atoms with Gasteiger partial charge in [0, 0.05) is 24.1 Å². The summed E-state index contributed by atoms with van der Waals surface area (Å²) in [6.45, 7) is 4.62. The van der Waals surface area contributed by atoms with Crippen LogP contribution in [0.2, 0.25) is 0 Å². The highest BCUT2D eigenvalue weighted by molar-refractivity contribution is 9.10. The first-order valence-electron chi connectivity index (χ1n) is 6.63. The molecule has 0 radical (unpaired) electrons. The Morgan fingerprint density at radius 2 is 2.20 bits per heavy atom. The van der Waals surface area contributed by atoms with Gasteiger partial charge in [-0.25, -0.2) is 0 Å². The van der Waals surface area contributed by atoms with Crippen molar-refractivity contribution in [3.8, 4) is 5.75 Å². The maximum absolute atomic E-state index is 12.2. The lowest BCUT2D eigenvalue weighted by Gasteiger charge is -2.29. The zero-order valence-corrected chi connectivity index (χ0v) is 13.1. The van der Waals surface area contributed by atoms with Gasteiger partial charge in [0.15, 0.2) is 6.10 Å². The largest absolute Gasteiger partial charge is 0.481 e. The van der Waals surface area contributed by atoms with Crippen molar-refractivity contribution in [2.75, 3.05) is 26.3 Å². The molecule has 1 saturated heterocycles. The standard InChI is InChI=1S/C14H19BrN2O3/c1-10(14(18)17-4-6-19-7-5-17)20-12-2-3-13(15)11(8-12)9-16/h2-3,8,10H,4-7,9,16H2,1H3. The van der Waals surface area contributed by atoms with Crippen LogP contribution in [0.5, 0.6) is 5.75 Å². The van der Waals surface area contributed by atoms with Crippen LogP contribution in [-0.2, 0) is 16.1 Å². The number of rotatable bonds is 4. The van der Waals surface area contributed by atoms with Crippen molar-refractivity contribution in [1.29, 1.82) is 0 Å². The molecule has 1 aromatic carbocycles. The van der Waals surface area contributed by atoms with Gasteiger partial charge < -0.3 is 20.1 Å². The number of carbonyl (C=O) groups excluding carboxylic acids is 1. The predicted molar refractivity (Wildman–Crippen MR) is 79.5 cm³/mol. The number of ether oxygens (including phenoxy) is 2. The van der Waals surface area contributed by atoms with E-state index in [1.54, 1.807) is 11.8 Å². The fourth-order valence-corrected chi connectivity index (χ4v) is 2.48. The highest BCUT2D eigenvalue weighted by Crippen LogP contribution is 2.23. The lowest BCUT2D eigenvalue weighted by atomic mass is 10.2. The molecular formula is C14H19BrN2O3. The van der Waals surface area contributed by atoms with Crippen LogP contribution in [-0.4, -0.2) is 43.2 Å². The molecule has 1 aromatic rings. The molecule has 0 saturated carbocycles. The summed E-state index contributed by atoms with van der Waals surface area (Å²) in [7, 11) is 0. The van der Waals surface area contributed by atoms with Gasteiger partial charge in [0.25, 0.3) is 5.91 Å². The summed E-state index contributed by atoms with van der Waals surface area (Å²) in [6.07, 6.45) is -0.514. The number of benzene rings is 1. The third-order valence-corrected chi connectivity index (χ3v) is 3.99.